The van der Waals surface area contributed by atoms with Crippen LogP contribution in [0.1, 0.15) is 5.56 Å². The second kappa shape index (κ2) is 5.42. The molecule has 3 aromatic rings. The third-order valence-electron chi connectivity index (χ3n) is 3.15. The van der Waals surface area contributed by atoms with Gasteiger partial charge in [-0.3, -0.25) is 0 Å². The highest BCUT2D eigenvalue weighted by Gasteiger charge is 2.16. The van der Waals surface area contributed by atoms with Gasteiger partial charge in [0.2, 0.25) is 0 Å². The van der Waals surface area contributed by atoms with Gasteiger partial charge < -0.3 is 10.3 Å². The number of pyridine rings is 1. The third kappa shape index (κ3) is 2.62. The summed E-state index contributed by atoms with van der Waals surface area (Å²) in [4.78, 5) is 9.49. The number of nitrogens with zero attached hydrogens (tertiary/aromatic N) is 3. The molecule has 0 unspecified atom stereocenters. The number of hydrogen-bond acceptors (Lipinski definition) is 3. The predicted molar refractivity (Wildman–Crippen MR) is 89.5 cm³/mol. The molecule has 4 nitrogen and oxygen atoms in total. The molecular formula is C15H13ClN4S. The Morgan fingerprint density at radius 3 is 2.86 bits per heavy atom. The van der Waals surface area contributed by atoms with Crippen LogP contribution < -0.4 is 5.73 Å². The minimum absolute atomic E-state index is 0.377. The lowest BCUT2D eigenvalue weighted by atomic mass is 10.2. The number of benzene rings is 1. The van der Waals surface area contributed by atoms with Crippen LogP contribution in [0.5, 0.6) is 0 Å². The Labute approximate surface area is 132 Å². The van der Waals surface area contributed by atoms with Crippen molar-refractivity contribution >= 4 is 40.0 Å². The van der Waals surface area contributed by atoms with Gasteiger partial charge in [0.1, 0.15) is 11.3 Å². The molecule has 0 atom stereocenters. The van der Waals surface area contributed by atoms with Crippen LogP contribution in [0, 0.1) is 6.92 Å². The van der Waals surface area contributed by atoms with Crippen molar-refractivity contribution in [3.63, 3.8) is 0 Å². The first-order valence-electron chi connectivity index (χ1n) is 6.42. The normalized spacial score (nSPS) is 11.0. The van der Waals surface area contributed by atoms with Gasteiger partial charge in [-0.15, -0.1) is 0 Å². The molecule has 6 heteroatoms. The Kier molecular flexibility index (Phi) is 3.61. The Bertz CT molecular complexity index is 841. The molecule has 0 saturated carbocycles. The molecule has 0 radical (unpaired) electrons. The number of nitrogens with two attached hydrogens (primary N) is 1. The van der Waals surface area contributed by atoms with E-state index in [4.69, 9.17) is 29.6 Å². The smallest absolute Gasteiger partial charge is 0.160 e. The van der Waals surface area contributed by atoms with E-state index in [1.807, 2.05) is 41.8 Å². The van der Waals surface area contributed by atoms with Crippen molar-refractivity contribution in [1.29, 1.82) is 0 Å². The molecule has 0 saturated heterocycles. The van der Waals surface area contributed by atoms with Crippen LogP contribution in [0.4, 0.5) is 0 Å². The molecular weight excluding hydrogens is 304 g/mol. The van der Waals surface area contributed by atoms with Gasteiger partial charge in [0.15, 0.2) is 5.65 Å². The Hall–Kier alpha value is -1.98. The highest BCUT2D eigenvalue weighted by Crippen LogP contribution is 2.29. The summed E-state index contributed by atoms with van der Waals surface area (Å²) in [5, 5.41) is 0.633. The maximum Gasteiger partial charge on any atom is 0.160 e. The van der Waals surface area contributed by atoms with Crippen molar-refractivity contribution < 1.29 is 0 Å². The Balaban J connectivity index is 2.30. The lowest BCUT2D eigenvalue weighted by Crippen LogP contribution is -2.17. The fourth-order valence-electron chi connectivity index (χ4n) is 2.27. The molecule has 2 aromatic heterocycles. The summed E-state index contributed by atoms with van der Waals surface area (Å²) in [6.07, 6.45) is 1.80. The first-order valence-corrected chi connectivity index (χ1v) is 7.21. The van der Waals surface area contributed by atoms with Gasteiger partial charge in [0.05, 0.1) is 16.6 Å². The van der Waals surface area contributed by atoms with E-state index in [-0.39, 0.29) is 0 Å². The van der Waals surface area contributed by atoms with Crippen LogP contribution in [0.2, 0.25) is 5.02 Å². The van der Waals surface area contributed by atoms with Gasteiger partial charge in [-0.2, -0.15) is 0 Å². The summed E-state index contributed by atoms with van der Waals surface area (Å²) in [5.74, 6) is 0.724. The van der Waals surface area contributed by atoms with E-state index >= 15 is 0 Å². The van der Waals surface area contributed by atoms with Gasteiger partial charge in [0.25, 0.3) is 0 Å². The third-order valence-corrected chi connectivity index (χ3v) is 3.61. The van der Waals surface area contributed by atoms with E-state index < -0.39 is 0 Å². The van der Waals surface area contributed by atoms with E-state index in [0.29, 0.717) is 16.6 Å². The maximum atomic E-state index is 6.29. The Morgan fingerprint density at radius 1 is 1.38 bits per heavy atom. The minimum Gasteiger partial charge on any atom is -0.392 e. The number of hydrogen-bond donors (Lipinski definition) is 1. The van der Waals surface area contributed by atoms with Crippen molar-refractivity contribution in [2.45, 2.75) is 13.5 Å². The molecule has 0 bridgehead atoms. The maximum absolute atomic E-state index is 6.29. The molecule has 0 spiro atoms. The molecule has 0 amide bonds. The Morgan fingerprint density at radius 2 is 2.14 bits per heavy atom. The SMILES string of the molecule is Cc1cnc2c(c1)nc(-c1ccccc1Cl)n2CC(N)=S. The van der Waals surface area contributed by atoms with Gasteiger partial charge in [-0.05, 0) is 30.7 Å². The highest BCUT2D eigenvalue weighted by molar-refractivity contribution is 7.80. The second-order valence-corrected chi connectivity index (χ2v) is 5.75. The summed E-state index contributed by atoms with van der Waals surface area (Å²) in [7, 11) is 0. The van der Waals surface area contributed by atoms with Gasteiger partial charge >= 0.3 is 0 Å². The van der Waals surface area contributed by atoms with Crippen molar-refractivity contribution in [2.24, 2.45) is 5.73 Å². The number of imidazole rings is 1. The van der Waals surface area contributed by atoms with Crippen molar-refractivity contribution in [2.75, 3.05) is 0 Å². The van der Waals surface area contributed by atoms with E-state index in [2.05, 4.69) is 9.97 Å². The van der Waals surface area contributed by atoms with Crippen LogP contribution in [0.3, 0.4) is 0 Å². The average molecular weight is 317 g/mol. The molecule has 2 N–H and O–H groups in total. The van der Waals surface area contributed by atoms with Crippen LogP contribution in [0.15, 0.2) is 36.5 Å². The van der Waals surface area contributed by atoms with Crippen molar-refractivity contribution in [3.8, 4) is 11.4 Å². The number of fused-ring (bicyclic) bond motifs is 1. The minimum atomic E-state index is 0.377. The van der Waals surface area contributed by atoms with E-state index in [1.165, 1.54) is 0 Å². The van der Waals surface area contributed by atoms with Crippen molar-refractivity contribution in [3.05, 3.63) is 47.1 Å². The fraction of sp³-hybridized carbons (Fsp3) is 0.133. The summed E-state index contributed by atoms with van der Waals surface area (Å²) < 4.78 is 1.90. The first kappa shape index (κ1) is 14.0. The standard InChI is InChI=1S/C15H13ClN4S/c1-9-6-12-15(18-7-9)20(8-13(17)21)14(19-12)10-4-2-3-5-11(10)16/h2-7H,8H2,1H3,(H2,17,21). The van der Waals surface area contributed by atoms with Crippen LogP contribution in [-0.4, -0.2) is 19.5 Å². The van der Waals surface area contributed by atoms with Gasteiger partial charge in [0, 0.05) is 11.8 Å². The first-order chi connectivity index (χ1) is 10.1. The van der Waals surface area contributed by atoms with Gasteiger partial charge in [-0.25, -0.2) is 9.97 Å². The number of thiocarbonyl (C=S) groups is 1. The second-order valence-electron chi connectivity index (χ2n) is 4.82. The number of halogens is 1. The summed E-state index contributed by atoms with van der Waals surface area (Å²) in [6.45, 7) is 2.36. The lowest BCUT2D eigenvalue weighted by Gasteiger charge is -2.08. The molecule has 21 heavy (non-hydrogen) atoms. The van der Waals surface area contributed by atoms with E-state index in [0.717, 1.165) is 28.1 Å². The molecule has 106 valence electrons. The summed E-state index contributed by atoms with van der Waals surface area (Å²) in [5.41, 5.74) is 9.16. The zero-order chi connectivity index (χ0) is 15.0. The van der Waals surface area contributed by atoms with Crippen LogP contribution >= 0.6 is 23.8 Å². The predicted octanol–water partition coefficient (Wildman–Crippen LogP) is 3.35. The number of aryl methyl sites for hydroxylation is 1. The zero-order valence-corrected chi connectivity index (χ0v) is 12.9. The summed E-state index contributed by atoms with van der Waals surface area (Å²) in [6, 6.07) is 9.55. The quantitative estimate of drug-likeness (QED) is 0.753. The summed E-state index contributed by atoms with van der Waals surface area (Å²) >= 11 is 11.3. The lowest BCUT2D eigenvalue weighted by molar-refractivity contribution is 0.881. The molecule has 2 heterocycles. The monoisotopic (exact) mass is 316 g/mol. The van der Waals surface area contributed by atoms with Gasteiger partial charge in [-0.1, -0.05) is 36.0 Å². The molecule has 0 fully saturated rings. The molecule has 3 rings (SSSR count). The molecule has 0 aliphatic rings. The molecule has 1 aromatic carbocycles. The highest BCUT2D eigenvalue weighted by atomic mass is 35.5. The fourth-order valence-corrected chi connectivity index (χ4v) is 2.61. The number of rotatable bonds is 3. The molecule has 0 aliphatic carbocycles. The van der Waals surface area contributed by atoms with Crippen LogP contribution in [0.25, 0.3) is 22.6 Å². The largest absolute Gasteiger partial charge is 0.392 e. The topological polar surface area (TPSA) is 56.7 Å². The average Bonchev–Trinajstić information content (AvgIpc) is 2.76. The molecule has 0 aliphatic heterocycles. The zero-order valence-electron chi connectivity index (χ0n) is 11.4. The van der Waals surface area contributed by atoms with E-state index in [9.17, 15) is 0 Å². The van der Waals surface area contributed by atoms with E-state index in [1.54, 1.807) is 6.20 Å². The van der Waals surface area contributed by atoms with Crippen LogP contribution in [-0.2, 0) is 6.54 Å². The van der Waals surface area contributed by atoms with Crippen molar-refractivity contribution in [1.82, 2.24) is 14.5 Å². The number of aromatic nitrogens is 3.